The first-order chi connectivity index (χ1) is 11.6. The standard InChI is InChI=1S/C17H23N3O4S/c1-12-11-19(9-10-20(12)16(21)24-17(2,3)4)15-13-7-5-6-8-14(13)25(22,23)18-15/h5-8,12H,9-11H2,1-4H3. The molecule has 0 saturated carbocycles. The molecule has 0 spiro atoms. The number of ether oxygens (including phenoxy) is 1. The Morgan fingerprint density at radius 1 is 1.24 bits per heavy atom. The van der Waals surface area contributed by atoms with Gasteiger partial charge in [-0.1, -0.05) is 12.1 Å². The molecule has 0 bridgehead atoms. The van der Waals surface area contributed by atoms with Crippen LogP contribution in [0.3, 0.4) is 0 Å². The van der Waals surface area contributed by atoms with Gasteiger partial charge in [-0.15, -0.1) is 4.40 Å². The van der Waals surface area contributed by atoms with E-state index in [-0.39, 0.29) is 17.0 Å². The predicted molar refractivity (Wildman–Crippen MR) is 94.1 cm³/mol. The minimum atomic E-state index is -3.63. The zero-order valence-corrected chi connectivity index (χ0v) is 15.7. The summed E-state index contributed by atoms with van der Waals surface area (Å²) < 4.78 is 33.8. The molecule has 1 aromatic carbocycles. The van der Waals surface area contributed by atoms with Gasteiger partial charge in [0.25, 0.3) is 10.0 Å². The van der Waals surface area contributed by atoms with E-state index in [1.165, 1.54) is 0 Å². The van der Waals surface area contributed by atoms with Crippen molar-refractivity contribution in [3.63, 3.8) is 0 Å². The van der Waals surface area contributed by atoms with Gasteiger partial charge in [0.2, 0.25) is 0 Å². The first-order valence-corrected chi connectivity index (χ1v) is 9.71. The van der Waals surface area contributed by atoms with Gasteiger partial charge in [-0.3, -0.25) is 0 Å². The summed E-state index contributed by atoms with van der Waals surface area (Å²) in [7, 11) is -3.63. The lowest BCUT2D eigenvalue weighted by molar-refractivity contribution is 0.00778. The topological polar surface area (TPSA) is 79.3 Å². The third kappa shape index (κ3) is 3.49. The van der Waals surface area contributed by atoms with Crippen molar-refractivity contribution in [1.29, 1.82) is 0 Å². The second kappa shape index (κ2) is 6.01. The van der Waals surface area contributed by atoms with Crippen LogP contribution >= 0.6 is 0 Å². The van der Waals surface area contributed by atoms with Crippen LogP contribution in [0.1, 0.15) is 33.3 Å². The number of rotatable bonds is 0. The SMILES string of the molecule is CC1CN(C2=NS(=O)(=O)c3ccccc32)CCN1C(=O)OC(C)(C)C. The fourth-order valence-corrected chi connectivity index (χ4v) is 4.29. The predicted octanol–water partition coefficient (Wildman–Crippen LogP) is 2.08. The van der Waals surface area contributed by atoms with Gasteiger partial charge in [-0.05, 0) is 39.8 Å². The van der Waals surface area contributed by atoms with Gasteiger partial charge < -0.3 is 14.5 Å². The highest BCUT2D eigenvalue weighted by Crippen LogP contribution is 2.28. The quantitative estimate of drug-likeness (QED) is 0.703. The lowest BCUT2D eigenvalue weighted by Crippen LogP contribution is -2.56. The zero-order chi connectivity index (χ0) is 18.4. The molecule has 2 heterocycles. The van der Waals surface area contributed by atoms with Crippen molar-refractivity contribution in [1.82, 2.24) is 9.80 Å². The molecule has 1 fully saturated rings. The van der Waals surface area contributed by atoms with Gasteiger partial charge in [0, 0.05) is 31.2 Å². The van der Waals surface area contributed by atoms with Crippen LogP contribution in [0.25, 0.3) is 0 Å². The number of piperazine rings is 1. The summed E-state index contributed by atoms with van der Waals surface area (Å²) in [5.74, 6) is 0.464. The van der Waals surface area contributed by atoms with Crippen LogP contribution in [0.2, 0.25) is 0 Å². The number of hydrogen-bond acceptors (Lipinski definition) is 5. The summed E-state index contributed by atoms with van der Waals surface area (Å²) in [5, 5.41) is 0. The number of fused-ring (bicyclic) bond motifs is 1. The number of amidine groups is 1. The first-order valence-electron chi connectivity index (χ1n) is 8.27. The highest BCUT2D eigenvalue weighted by atomic mass is 32.2. The average molecular weight is 365 g/mol. The van der Waals surface area contributed by atoms with Crippen LogP contribution in [0.4, 0.5) is 4.79 Å². The van der Waals surface area contributed by atoms with E-state index in [1.54, 1.807) is 29.2 Å². The Balaban J connectivity index is 1.77. The second-order valence-corrected chi connectivity index (χ2v) is 8.93. The third-order valence-electron chi connectivity index (χ3n) is 4.17. The lowest BCUT2D eigenvalue weighted by atomic mass is 10.1. The Bertz CT molecular complexity index is 827. The van der Waals surface area contributed by atoms with Crippen molar-refractivity contribution in [3.05, 3.63) is 29.8 Å². The van der Waals surface area contributed by atoms with Crippen LogP contribution in [0.15, 0.2) is 33.6 Å². The van der Waals surface area contributed by atoms with Crippen LogP contribution in [-0.2, 0) is 14.8 Å². The summed E-state index contributed by atoms with van der Waals surface area (Å²) in [4.78, 5) is 16.2. The molecule has 1 unspecified atom stereocenters. The first kappa shape index (κ1) is 17.7. The molecule has 25 heavy (non-hydrogen) atoms. The molecule has 0 radical (unpaired) electrons. The van der Waals surface area contributed by atoms with Gasteiger partial charge in [-0.25, -0.2) is 4.79 Å². The zero-order valence-electron chi connectivity index (χ0n) is 14.9. The normalized spacial score (nSPS) is 22.4. The molecule has 8 heteroatoms. The number of hydrogen-bond donors (Lipinski definition) is 0. The van der Waals surface area contributed by atoms with Gasteiger partial charge >= 0.3 is 6.09 Å². The van der Waals surface area contributed by atoms with Crippen LogP contribution in [0, 0.1) is 0 Å². The van der Waals surface area contributed by atoms with Gasteiger partial charge in [-0.2, -0.15) is 8.42 Å². The van der Waals surface area contributed by atoms with Crippen LogP contribution in [0.5, 0.6) is 0 Å². The Labute approximate surface area is 148 Å². The number of carbonyl (C=O) groups excluding carboxylic acids is 1. The molecule has 1 aromatic rings. The highest BCUT2D eigenvalue weighted by molar-refractivity contribution is 7.90. The van der Waals surface area contributed by atoms with Crippen molar-refractivity contribution in [3.8, 4) is 0 Å². The smallest absolute Gasteiger partial charge is 0.410 e. The van der Waals surface area contributed by atoms with Gasteiger partial charge in [0.05, 0.1) is 0 Å². The summed E-state index contributed by atoms with van der Waals surface area (Å²) in [5.41, 5.74) is 0.0802. The maximum Gasteiger partial charge on any atom is 0.410 e. The fourth-order valence-electron chi connectivity index (χ4n) is 3.06. The number of amides is 1. The van der Waals surface area contributed by atoms with Crippen molar-refractivity contribution in [2.24, 2.45) is 4.40 Å². The molecule has 2 aliphatic rings. The highest BCUT2D eigenvalue weighted by Gasteiger charge is 2.36. The van der Waals surface area contributed by atoms with E-state index in [0.29, 0.717) is 31.0 Å². The lowest BCUT2D eigenvalue weighted by Gasteiger charge is -2.40. The molecule has 0 N–H and O–H groups in total. The van der Waals surface area contributed by atoms with E-state index in [0.717, 1.165) is 0 Å². The van der Waals surface area contributed by atoms with E-state index in [1.807, 2.05) is 32.6 Å². The van der Waals surface area contributed by atoms with E-state index in [9.17, 15) is 13.2 Å². The van der Waals surface area contributed by atoms with Crippen molar-refractivity contribution in [2.75, 3.05) is 19.6 Å². The van der Waals surface area contributed by atoms with Crippen molar-refractivity contribution in [2.45, 2.75) is 44.2 Å². The van der Waals surface area contributed by atoms with Gasteiger partial charge in [0.15, 0.2) is 5.84 Å². The number of nitrogens with zero attached hydrogens (tertiary/aromatic N) is 3. The molecule has 7 nitrogen and oxygen atoms in total. The average Bonchev–Trinajstić information content (AvgIpc) is 2.77. The molecule has 0 aromatic heterocycles. The Kier molecular flexibility index (Phi) is 4.26. The van der Waals surface area contributed by atoms with Crippen LogP contribution < -0.4 is 0 Å². The van der Waals surface area contributed by atoms with Gasteiger partial charge in [0.1, 0.15) is 10.5 Å². The molecule has 0 aliphatic carbocycles. The molecule has 3 rings (SSSR count). The monoisotopic (exact) mass is 365 g/mol. The Morgan fingerprint density at radius 2 is 1.92 bits per heavy atom. The molecular weight excluding hydrogens is 342 g/mol. The molecule has 2 aliphatic heterocycles. The second-order valence-electron chi connectivity index (χ2n) is 7.35. The fraction of sp³-hybridized carbons (Fsp3) is 0.529. The number of sulfonamides is 1. The van der Waals surface area contributed by atoms with Crippen molar-refractivity contribution < 1.29 is 17.9 Å². The van der Waals surface area contributed by atoms with Crippen LogP contribution in [-0.4, -0.2) is 61.4 Å². The summed E-state index contributed by atoms with van der Waals surface area (Å²) in [6.45, 7) is 8.89. The third-order valence-corrected chi connectivity index (χ3v) is 5.49. The molecule has 136 valence electrons. The number of benzene rings is 1. The number of carbonyl (C=O) groups is 1. The maximum absolute atomic E-state index is 12.3. The summed E-state index contributed by atoms with van der Waals surface area (Å²) in [6, 6.07) is 6.72. The molecule has 1 amide bonds. The molecule has 1 atom stereocenters. The van der Waals surface area contributed by atoms with E-state index >= 15 is 0 Å². The Morgan fingerprint density at radius 3 is 2.56 bits per heavy atom. The maximum atomic E-state index is 12.3. The van der Waals surface area contributed by atoms with E-state index < -0.39 is 15.6 Å². The summed E-state index contributed by atoms with van der Waals surface area (Å²) in [6.07, 6.45) is -0.346. The minimum absolute atomic E-state index is 0.109. The summed E-state index contributed by atoms with van der Waals surface area (Å²) >= 11 is 0. The van der Waals surface area contributed by atoms with E-state index in [4.69, 9.17) is 4.74 Å². The minimum Gasteiger partial charge on any atom is -0.444 e. The Hall–Kier alpha value is -2.09. The largest absolute Gasteiger partial charge is 0.444 e. The van der Waals surface area contributed by atoms with Crippen molar-refractivity contribution >= 4 is 22.0 Å². The van der Waals surface area contributed by atoms with E-state index in [2.05, 4.69) is 4.40 Å². The molecule has 1 saturated heterocycles. The molecular formula is C17H23N3O4S.